The number of para-hydroxylation sites is 1. The van der Waals surface area contributed by atoms with Crippen molar-refractivity contribution in [2.45, 2.75) is 6.18 Å². The highest BCUT2D eigenvalue weighted by atomic mass is 79.9. The molecule has 1 heterocycles. The lowest BCUT2D eigenvalue weighted by Crippen LogP contribution is -2.10. The van der Waals surface area contributed by atoms with E-state index in [9.17, 15) is 18.0 Å². The molecule has 0 unspecified atom stereocenters. The number of H-pyrrole nitrogens is 1. The Balaban J connectivity index is 2.27. The van der Waals surface area contributed by atoms with Crippen molar-refractivity contribution in [3.8, 4) is 11.4 Å². The molecule has 0 bridgehead atoms. The van der Waals surface area contributed by atoms with E-state index in [0.717, 1.165) is 12.1 Å². The maximum Gasteiger partial charge on any atom is 0.416 e. The van der Waals surface area contributed by atoms with Crippen LogP contribution in [0.4, 0.5) is 13.2 Å². The van der Waals surface area contributed by atoms with E-state index in [4.69, 9.17) is 0 Å². The Kier molecular flexibility index (Phi) is 4.05. The number of nitrogens with one attached hydrogen (secondary N) is 1. The van der Waals surface area contributed by atoms with Crippen molar-refractivity contribution < 1.29 is 13.2 Å². The van der Waals surface area contributed by atoms with E-state index in [1.54, 1.807) is 18.2 Å². The van der Waals surface area contributed by atoms with Gasteiger partial charge in [0.15, 0.2) is 0 Å². The summed E-state index contributed by atoms with van der Waals surface area (Å²) in [6.45, 7) is 0. The second kappa shape index (κ2) is 5.76. The number of rotatable bonds is 1. The molecule has 3 aromatic rings. The number of hydrogen-bond acceptors (Lipinski definition) is 2. The third-order valence-electron chi connectivity index (χ3n) is 3.19. The Bertz CT molecular complexity index is 967. The fraction of sp³-hybridized carbons (Fsp3) is 0.0667. The smallest absolute Gasteiger partial charge is 0.306 e. The van der Waals surface area contributed by atoms with Crippen molar-refractivity contribution in [2.24, 2.45) is 0 Å². The number of alkyl halides is 3. The molecule has 0 aliphatic heterocycles. The fourth-order valence-electron chi connectivity index (χ4n) is 2.15. The summed E-state index contributed by atoms with van der Waals surface area (Å²) in [5.74, 6) is 0.0706. The Morgan fingerprint density at radius 3 is 2.52 bits per heavy atom. The van der Waals surface area contributed by atoms with Gasteiger partial charge in [0.05, 0.1) is 16.5 Å². The molecular weight excluding hydrogens is 441 g/mol. The number of fused-ring (bicyclic) bond motifs is 1. The molecule has 0 spiro atoms. The monoisotopic (exact) mass is 446 g/mol. The molecule has 0 atom stereocenters. The summed E-state index contributed by atoms with van der Waals surface area (Å²) < 4.78 is 39.7. The van der Waals surface area contributed by atoms with E-state index < -0.39 is 17.3 Å². The van der Waals surface area contributed by atoms with Crippen LogP contribution in [0.5, 0.6) is 0 Å². The van der Waals surface area contributed by atoms with E-state index in [-0.39, 0.29) is 15.9 Å². The third-order valence-corrected chi connectivity index (χ3v) is 4.28. The Labute approximate surface area is 144 Å². The van der Waals surface area contributed by atoms with E-state index >= 15 is 0 Å². The van der Waals surface area contributed by atoms with Gasteiger partial charge in [-0.25, -0.2) is 4.98 Å². The molecule has 0 aliphatic carbocycles. The molecule has 0 radical (unpaired) electrons. The molecule has 0 amide bonds. The van der Waals surface area contributed by atoms with Gasteiger partial charge in [0, 0.05) is 14.5 Å². The van der Waals surface area contributed by atoms with Crippen LogP contribution >= 0.6 is 31.9 Å². The van der Waals surface area contributed by atoms with E-state index in [2.05, 4.69) is 41.8 Å². The first-order valence-electron chi connectivity index (χ1n) is 6.32. The molecule has 1 aromatic heterocycles. The van der Waals surface area contributed by atoms with Crippen LogP contribution in [-0.4, -0.2) is 9.97 Å². The number of nitrogens with zero attached hydrogens (tertiary/aromatic N) is 1. The molecule has 3 nitrogen and oxygen atoms in total. The first-order valence-corrected chi connectivity index (χ1v) is 7.91. The minimum Gasteiger partial charge on any atom is -0.306 e. The standard InChI is InChI=1S/C15H7Br2F3N2O/c16-9-5-7(4-8(6-9)15(18,19)20)13-21-12-10(14(23)22-13)2-1-3-11(12)17/h1-6H,(H,21,22,23). The van der Waals surface area contributed by atoms with Gasteiger partial charge >= 0.3 is 6.18 Å². The van der Waals surface area contributed by atoms with Crippen molar-refractivity contribution in [2.75, 3.05) is 0 Å². The average molecular weight is 448 g/mol. The predicted octanol–water partition coefficient (Wildman–Crippen LogP) is 5.13. The van der Waals surface area contributed by atoms with Gasteiger partial charge in [0.2, 0.25) is 0 Å². The van der Waals surface area contributed by atoms with Crippen LogP contribution in [0.3, 0.4) is 0 Å². The first kappa shape index (κ1) is 16.2. The summed E-state index contributed by atoms with van der Waals surface area (Å²) >= 11 is 6.35. The van der Waals surface area contributed by atoms with Crippen LogP contribution in [0.2, 0.25) is 0 Å². The van der Waals surface area contributed by atoms with Gasteiger partial charge in [-0.2, -0.15) is 13.2 Å². The molecule has 0 saturated carbocycles. The van der Waals surface area contributed by atoms with Gasteiger partial charge < -0.3 is 4.98 Å². The molecule has 1 N–H and O–H groups in total. The summed E-state index contributed by atoms with van der Waals surface area (Å²) in [5, 5.41) is 0.356. The van der Waals surface area contributed by atoms with Crippen molar-refractivity contribution in [3.63, 3.8) is 0 Å². The highest BCUT2D eigenvalue weighted by Gasteiger charge is 2.31. The van der Waals surface area contributed by atoms with Gasteiger partial charge in [-0.05, 0) is 46.3 Å². The van der Waals surface area contributed by atoms with Crippen LogP contribution in [0.25, 0.3) is 22.3 Å². The second-order valence-electron chi connectivity index (χ2n) is 4.78. The van der Waals surface area contributed by atoms with Crippen LogP contribution in [0.15, 0.2) is 50.1 Å². The molecule has 8 heteroatoms. The molecule has 3 rings (SSSR count). The number of aromatic amines is 1. The quantitative estimate of drug-likeness (QED) is 0.561. The van der Waals surface area contributed by atoms with Crippen molar-refractivity contribution in [3.05, 3.63) is 61.3 Å². The lowest BCUT2D eigenvalue weighted by molar-refractivity contribution is -0.137. The third kappa shape index (κ3) is 3.18. The normalized spacial score (nSPS) is 11.9. The SMILES string of the molecule is O=c1[nH]c(-c2cc(Br)cc(C(F)(F)F)c2)nc2c(Br)cccc12. The first-order chi connectivity index (χ1) is 10.8. The minimum absolute atomic E-state index is 0.0706. The minimum atomic E-state index is -4.49. The van der Waals surface area contributed by atoms with Crippen LogP contribution in [0, 0.1) is 0 Å². The topological polar surface area (TPSA) is 45.8 Å². The van der Waals surface area contributed by atoms with Gasteiger partial charge in [-0.3, -0.25) is 4.79 Å². The summed E-state index contributed by atoms with van der Waals surface area (Å²) in [6.07, 6.45) is -4.49. The van der Waals surface area contributed by atoms with Gasteiger partial charge in [-0.1, -0.05) is 22.0 Å². The lowest BCUT2D eigenvalue weighted by atomic mass is 10.1. The zero-order chi connectivity index (χ0) is 16.8. The molecule has 23 heavy (non-hydrogen) atoms. The second-order valence-corrected chi connectivity index (χ2v) is 6.55. The lowest BCUT2D eigenvalue weighted by Gasteiger charge is -2.10. The van der Waals surface area contributed by atoms with Crippen molar-refractivity contribution >= 4 is 42.8 Å². The van der Waals surface area contributed by atoms with Gasteiger partial charge in [-0.15, -0.1) is 0 Å². The molecule has 2 aromatic carbocycles. The number of hydrogen-bond donors (Lipinski definition) is 1. The number of aromatic nitrogens is 2. The Hall–Kier alpha value is -1.67. The predicted molar refractivity (Wildman–Crippen MR) is 88.2 cm³/mol. The highest BCUT2D eigenvalue weighted by molar-refractivity contribution is 9.11. The van der Waals surface area contributed by atoms with E-state index in [0.29, 0.717) is 15.4 Å². The number of benzene rings is 2. The molecule has 0 saturated heterocycles. The van der Waals surface area contributed by atoms with E-state index in [1.165, 1.54) is 6.07 Å². The highest BCUT2D eigenvalue weighted by Crippen LogP contribution is 2.34. The van der Waals surface area contributed by atoms with Gasteiger partial charge in [0.25, 0.3) is 5.56 Å². The maximum absolute atomic E-state index is 12.9. The summed E-state index contributed by atoms with van der Waals surface area (Å²) in [6, 6.07) is 8.38. The summed E-state index contributed by atoms with van der Waals surface area (Å²) in [5.41, 5.74) is -0.683. The largest absolute Gasteiger partial charge is 0.416 e. The molecule has 118 valence electrons. The molecule has 0 aliphatic rings. The summed E-state index contributed by atoms with van der Waals surface area (Å²) in [4.78, 5) is 18.9. The Morgan fingerprint density at radius 1 is 1.09 bits per heavy atom. The number of halogens is 5. The Morgan fingerprint density at radius 2 is 1.83 bits per heavy atom. The maximum atomic E-state index is 12.9. The zero-order valence-corrected chi connectivity index (χ0v) is 14.4. The van der Waals surface area contributed by atoms with Crippen molar-refractivity contribution in [1.82, 2.24) is 9.97 Å². The molecular formula is C15H7Br2F3N2O. The van der Waals surface area contributed by atoms with Crippen LogP contribution in [-0.2, 0) is 6.18 Å². The van der Waals surface area contributed by atoms with Gasteiger partial charge in [0.1, 0.15) is 5.82 Å². The zero-order valence-electron chi connectivity index (χ0n) is 11.2. The fourth-order valence-corrected chi connectivity index (χ4v) is 3.10. The van der Waals surface area contributed by atoms with Crippen molar-refractivity contribution in [1.29, 1.82) is 0 Å². The van der Waals surface area contributed by atoms with Crippen LogP contribution < -0.4 is 5.56 Å². The average Bonchev–Trinajstić information content (AvgIpc) is 2.46. The summed E-state index contributed by atoms with van der Waals surface area (Å²) in [7, 11) is 0. The van der Waals surface area contributed by atoms with Crippen LogP contribution in [0.1, 0.15) is 5.56 Å². The molecule has 0 fully saturated rings. The van der Waals surface area contributed by atoms with E-state index in [1.807, 2.05) is 0 Å².